The Kier molecular flexibility index (Phi) is 7.56. The molecule has 0 aromatic rings. The van der Waals surface area contributed by atoms with Crippen molar-refractivity contribution in [3.8, 4) is 0 Å². The van der Waals surface area contributed by atoms with Gasteiger partial charge in [-0.25, -0.2) is 0 Å². The number of hydrogen-bond donors (Lipinski definition) is 0. The standard InChI is InChI=1S/C8H17Cl2N/c1-3-8(2)11(6-4-9)7-5-10/h8H,3-7H2,1-2H3. The maximum absolute atomic E-state index is 5.65. The minimum atomic E-state index is 0.604. The number of rotatable bonds is 6. The molecule has 0 aromatic heterocycles. The molecule has 68 valence electrons. The highest BCUT2D eigenvalue weighted by Gasteiger charge is 2.09. The number of alkyl halides is 2. The monoisotopic (exact) mass is 197 g/mol. The van der Waals surface area contributed by atoms with Crippen LogP contribution in [0.25, 0.3) is 0 Å². The van der Waals surface area contributed by atoms with Gasteiger partial charge in [0.25, 0.3) is 0 Å². The van der Waals surface area contributed by atoms with Crippen LogP contribution < -0.4 is 0 Å². The van der Waals surface area contributed by atoms with E-state index in [4.69, 9.17) is 23.2 Å². The van der Waals surface area contributed by atoms with Gasteiger partial charge in [-0.15, -0.1) is 23.2 Å². The molecule has 0 saturated carbocycles. The maximum Gasteiger partial charge on any atom is 0.0351 e. The van der Waals surface area contributed by atoms with E-state index in [9.17, 15) is 0 Å². The van der Waals surface area contributed by atoms with Crippen LogP contribution in [0.4, 0.5) is 0 Å². The zero-order chi connectivity index (χ0) is 8.69. The second-order valence-corrected chi connectivity index (χ2v) is 3.43. The molecule has 0 spiro atoms. The van der Waals surface area contributed by atoms with Gasteiger partial charge < -0.3 is 0 Å². The molecule has 0 fully saturated rings. The topological polar surface area (TPSA) is 3.24 Å². The van der Waals surface area contributed by atoms with Gasteiger partial charge in [-0.3, -0.25) is 4.90 Å². The van der Waals surface area contributed by atoms with Crippen molar-refractivity contribution in [2.24, 2.45) is 0 Å². The minimum absolute atomic E-state index is 0.604. The fraction of sp³-hybridized carbons (Fsp3) is 1.00. The van der Waals surface area contributed by atoms with E-state index in [0.29, 0.717) is 17.8 Å². The lowest BCUT2D eigenvalue weighted by atomic mass is 10.2. The summed E-state index contributed by atoms with van der Waals surface area (Å²) in [5.74, 6) is 1.39. The summed E-state index contributed by atoms with van der Waals surface area (Å²) in [6, 6.07) is 0.604. The van der Waals surface area contributed by atoms with Gasteiger partial charge in [-0.2, -0.15) is 0 Å². The van der Waals surface area contributed by atoms with Crippen LogP contribution in [0, 0.1) is 0 Å². The van der Waals surface area contributed by atoms with E-state index in [2.05, 4.69) is 18.7 Å². The van der Waals surface area contributed by atoms with Crippen LogP contribution in [0.15, 0.2) is 0 Å². The SMILES string of the molecule is CCC(C)N(CCCl)CCCl. The van der Waals surface area contributed by atoms with Crippen LogP contribution in [-0.4, -0.2) is 35.8 Å². The summed E-state index contributed by atoms with van der Waals surface area (Å²) in [6.45, 7) is 6.28. The summed E-state index contributed by atoms with van der Waals surface area (Å²) in [7, 11) is 0. The van der Waals surface area contributed by atoms with Crippen molar-refractivity contribution in [1.82, 2.24) is 4.90 Å². The summed E-state index contributed by atoms with van der Waals surface area (Å²) < 4.78 is 0. The molecule has 0 bridgehead atoms. The van der Waals surface area contributed by atoms with Crippen LogP contribution in [-0.2, 0) is 0 Å². The first kappa shape index (κ1) is 11.5. The summed E-state index contributed by atoms with van der Waals surface area (Å²) in [6.07, 6.45) is 1.16. The Bertz CT molecular complexity index is 82.2. The summed E-state index contributed by atoms with van der Waals surface area (Å²) >= 11 is 11.3. The molecule has 11 heavy (non-hydrogen) atoms. The van der Waals surface area contributed by atoms with Crippen LogP contribution in [0.2, 0.25) is 0 Å². The van der Waals surface area contributed by atoms with Crippen LogP contribution in [0.5, 0.6) is 0 Å². The van der Waals surface area contributed by atoms with E-state index in [0.717, 1.165) is 19.5 Å². The van der Waals surface area contributed by atoms with Gasteiger partial charge in [-0.05, 0) is 13.3 Å². The Morgan fingerprint density at radius 3 is 1.91 bits per heavy atom. The molecule has 1 unspecified atom stereocenters. The fourth-order valence-electron chi connectivity index (χ4n) is 1.03. The van der Waals surface area contributed by atoms with Gasteiger partial charge in [0.1, 0.15) is 0 Å². The molecule has 0 heterocycles. The second kappa shape index (κ2) is 7.20. The highest BCUT2D eigenvalue weighted by Crippen LogP contribution is 2.03. The molecule has 3 heteroatoms. The fourth-order valence-corrected chi connectivity index (χ4v) is 1.46. The Morgan fingerprint density at radius 1 is 1.18 bits per heavy atom. The van der Waals surface area contributed by atoms with Crippen molar-refractivity contribution < 1.29 is 0 Å². The van der Waals surface area contributed by atoms with Gasteiger partial charge in [0.2, 0.25) is 0 Å². The van der Waals surface area contributed by atoms with Crippen molar-refractivity contribution >= 4 is 23.2 Å². The smallest absolute Gasteiger partial charge is 0.0351 e. The van der Waals surface area contributed by atoms with Crippen molar-refractivity contribution in [2.45, 2.75) is 26.3 Å². The van der Waals surface area contributed by atoms with Gasteiger partial charge in [0, 0.05) is 30.9 Å². The molecular weight excluding hydrogens is 181 g/mol. The highest BCUT2D eigenvalue weighted by molar-refractivity contribution is 6.18. The molecule has 0 aliphatic rings. The molecule has 0 aliphatic heterocycles. The lowest BCUT2D eigenvalue weighted by molar-refractivity contribution is 0.229. The average molecular weight is 198 g/mol. The van der Waals surface area contributed by atoms with E-state index in [1.807, 2.05) is 0 Å². The lowest BCUT2D eigenvalue weighted by Gasteiger charge is -2.26. The number of hydrogen-bond acceptors (Lipinski definition) is 1. The molecule has 1 nitrogen and oxygen atoms in total. The molecule has 0 N–H and O–H groups in total. The van der Waals surface area contributed by atoms with Crippen molar-refractivity contribution in [3.63, 3.8) is 0 Å². The van der Waals surface area contributed by atoms with Crippen molar-refractivity contribution in [3.05, 3.63) is 0 Å². The Balaban J connectivity index is 3.66. The highest BCUT2D eigenvalue weighted by atomic mass is 35.5. The van der Waals surface area contributed by atoms with E-state index in [-0.39, 0.29) is 0 Å². The number of halogens is 2. The Labute approximate surface area is 79.7 Å². The van der Waals surface area contributed by atoms with Gasteiger partial charge in [0.15, 0.2) is 0 Å². The Morgan fingerprint density at radius 2 is 1.64 bits per heavy atom. The average Bonchev–Trinajstić information content (AvgIpc) is 2.03. The third kappa shape index (κ3) is 4.89. The van der Waals surface area contributed by atoms with Gasteiger partial charge in [-0.1, -0.05) is 6.92 Å². The molecule has 0 aliphatic carbocycles. The number of nitrogens with zero attached hydrogens (tertiary/aromatic N) is 1. The van der Waals surface area contributed by atoms with E-state index in [1.165, 1.54) is 0 Å². The summed E-state index contributed by atoms with van der Waals surface area (Å²) in [4.78, 5) is 2.32. The first-order chi connectivity index (χ1) is 5.26. The zero-order valence-corrected chi connectivity index (χ0v) is 8.83. The molecule has 0 radical (unpaired) electrons. The molecule has 0 amide bonds. The molecule has 0 rings (SSSR count). The first-order valence-corrected chi connectivity index (χ1v) is 5.19. The van der Waals surface area contributed by atoms with Crippen molar-refractivity contribution in [2.75, 3.05) is 24.8 Å². The van der Waals surface area contributed by atoms with E-state index in [1.54, 1.807) is 0 Å². The third-order valence-corrected chi connectivity index (χ3v) is 2.30. The quantitative estimate of drug-likeness (QED) is 0.593. The lowest BCUT2D eigenvalue weighted by Crippen LogP contribution is -2.35. The summed E-state index contributed by atoms with van der Waals surface area (Å²) in [5.41, 5.74) is 0. The zero-order valence-electron chi connectivity index (χ0n) is 7.32. The van der Waals surface area contributed by atoms with Crippen LogP contribution in [0.3, 0.4) is 0 Å². The maximum atomic E-state index is 5.65. The second-order valence-electron chi connectivity index (χ2n) is 2.67. The first-order valence-electron chi connectivity index (χ1n) is 4.12. The largest absolute Gasteiger partial charge is 0.298 e. The van der Waals surface area contributed by atoms with Gasteiger partial charge >= 0.3 is 0 Å². The normalized spacial score (nSPS) is 13.9. The minimum Gasteiger partial charge on any atom is -0.298 e. The molecular formula is C8H17Cl2N. The van der Waals surface area contributed by atoms with Crippen LogP contribution >= 0.6 is 23.2 Å². The van der Waals surface area contributed by atoms with E-state index >= 15 is 0 Å². The van der Waals surface area contributed by atoms with Crippen molar-refractivity contribution in [1.29, 1.82) is 0 Å². The molecule has 0 saturated heterocycles. The predicted molar refractivity (Wildman–Crippen MR) is 52.8 cm³/mol. The summed E-state index contributed by atoms with van der Waals surface area (Å²) in [5, 5.41) is 0. The third-order valence-electron chi connectivity index (χ3n) is 1.96. The van der Waals surface area contributed by atoms with Crippen LogP contribution in [0.1, 0.15) is 20.3 Å². The van der Waals surface area contributed by atoms with E-state index < -0.39 is 0 Å². The Hall–Kier alpha value is 0.540. The molecule has 1 atom stereocenters. The molecule has 0 aromatic carbocycles. The van der Waals surface area contributed by atoms with Gasteiger partial charge in [0.05, 0.1) is 0 Å². The predicted octanol–water partition coefficient (Wildman–Crippen LogP) is 2.56.